The normalized spacial score (nSPS) is 20.3. The summed E-state index contributed by atoms with van der Waals surface area (Å²) in [6.45, 7) is 2.22. The van der Waals surface area contributed by atoms with E-state index in [9.17, 15) is 9.90 Å². The van der Waals surface area contributed by atoms with Crippen molar-refractivity contribution >= 4 is 17.7 Å². The molecule has 1 amide bonds. The summed E-state index contributed by atoms with van der Waals surface area (Å²) in [7, 11) is 0. The van der Waals surface area contributed by atoms with Crippen molar-refractivity contribution in [2.75, 3.05) is 18.1 Å². The van der Waals surface area contributed by atoms with Gasteiger partial charge in [0.15, 0.2) is 0 Å². The van der Waals surface area contributed by atoms with Gasteiger partial charge in [0, 0.05) is 18.9 Å². The van der Waals surface area contributed by atoms with Gasteiger partial charge >= 0.3 is 0 Å². The monoisotopic (exact) mass is 268 g/mol. The number of amides is 1. The first-order chi connectivity index (χ1) is 8.61. The van der Waals surface area contributed by atoms with Crippen molar-refractivity contribution in [1.29, 1.82) is 0 Å². The Morgan fingerprint density at radius 1 is 1.44 bits per heavy atom. The van der Waals surface area contributed by atoms with Crippen molar-refractivity contribution in [3.8, 4) is 0 Å². The number of hydrogen-bond donors (Lipinski definition) is 2. The SMILES string of the molecule is CC(C(=O)NCC1(O)CCSCC1)n1cccc1. The van der Waals surface area contributed by atoms with Crippen LogP contribution < -0.4 is 5.32 Å². The largest absolute Gasteiger partial charge is 0.388 e. The minimum Gasteiger partial charge on any atom is -0.388 e. The summed E-state index contributed by atoms with van der Waals surface area (Å²) in [5.74, 6) is 1.90. The molecule has 1 unspecified atom stereocenters. The summed E-state index contributed by atoms with van der Waals surface area (Å²) in [5.41, 5.74) is -0.711. The maximum absolute atomic E-state index is 12.0. The van der Waals surface area contributed by atoms with Crippen LogP contribution in [0.3, 0.4) is 0 Å². The third-order valence-electron chi connectivity index (χ3n) is 3.47. The van der Waals surface area contributed by atoms with Crippen LogP contribution >= 0.6 is 11.8 Å². The van der Waals surface area contributed by atoms with Crippen LogP contribution in [-0.4, -0.2) is 39.2 Å². The lowest BCUT2D eigenvalue weighted by molar-refractivity contribution is -0.125. The summed E-state index contributed by atoms with van der Waals surface area (Å²) in [6, 6.07) is 3.56. The molecule has 0 aliphatic carbocycles. The molecule has 2 N–H and O–H groups in total. The fourth-order valence-corrected chi connectivity index (χ4v) is 3.32. The van der Waals surface area contributed by atoms with Gasteiger partial charge in [0.1, 0.15) is 6.04 Å². The number of rotatable bonds is 4. The van der Waals surface area contributed by atoms with Crippen molar-refractivity contribution < 1.29 is 9.90 Å². The van der Waals surface area contributed by atoms with Crippen LogP contribution in [0.5, 0.6) is 0 Å². The Bertz CT molecular complexity index is 386. The first-order valence-electron chi connectivity index (χ1n) is 6.31. The van der Waals surface area contributed by atoms with Gasteiger partial charge in [0.25, 0.3) is 0 Å². The van der Waals surface area contributed by atoms with E-state index in [1.807, 2.05) is 47.8 Å². The maximum atomic E-state index is 12.0. The topological polar surface area (TPSA) is 54.3 Å². The standard InChI is InChI=1S/C13H20N2O2S/c1-11(15-6-2-3-7-15)12(16)14-10-13(17)4-8-18-9-5-13/h2-3,6-7,11,17H,4-5,8-10H2,1H3,(H,14,16). The average Bonchev–Trinajstić information content (AvgIpc) is 2.90. The average molecular weight is 268 g/mol. The highest BCUT2D eigenvalue weighted by Gasteiger charge is 2.30. The number of carbonyl (C=O) groups is 1. The zero-order valence-corrected chi connectivity index (χ0v) is 11.4. The second kappa shape index (κ2) is 5.80. The van der Waals surface area contributed by atoms with Gasteiger partial charge in [-0.25, -0.2) is 0 Å². The van der Waals surface area contributed by atoms with E-state index in [0.717, 1.165) is 24.3 Å². The van der Waals surface area contributed by atoms with E-state index in [0.29, 0.717) is 6.54 Å². The number of carbonyl (C=O) groups excluding carboxylic acids is 1. The predicted octanol–water partition coefficient (Wildman–Crippen LogP) is 1.42. The van der Waals surface area contributed by atoms with Crippen molar-refractivity contribution in [1.82, 2.24) is 9.88 Å². The van der Waals surface area contributed by atoms with Crippen LogP contribution in [0.2, 0.25) is 0 Å². The maximum Gasteiger partial charge on any atom is 0.242 e. The lowest BCUT2D eigenvalue weighted by Gasteiger charge is -2.32. The molecule has 1 aromatic rings. The van der Waals surface area contributed by atoms with Gasteiger partial charge in [0.2, 0.25) is 5.91 Å². The van der Waals surface area contributed by atoms with Crippen molar-refractivity contribution in [2.45, 2.75) is 31.4 Å². The fraction of sp³-hybridized carbons (Fsp3) is 0.615. The number of nitrogens with one attached hydrogen (secondary N) is 1. The Kier molecular flexibility index (Phi) is 4.35. The third-order valence-corrected chi connectivity index (χ3v) is 4.45. The second-order valence-corrected chi connectivity index (χ2v) is 6.09. The predicted molar refractivity (Wildman–Crippen MR) is 73.7 cm³/mol. The first kappa shape index (κ1) is 13.5. The molecule has 0 bridgehead atoms. The number of aliphatic hydroxyl groups is 1. The molecule has 5 heteroatoms. The van der Waals surface area contributed by atoms with Crippen LogP contribution in [0.4, 0.5) is 0 Å². The Morgan fingerprint density at radius 3 is 2.67 bits per heavy atom. The molecule has 2 rings (SSSR count). The van der Waals surface area contributed by atoms with Crippen molar-refractivity contribution in [2.24, 2.45) is 0 Å². The summed E-state index contributed by atoms with van der Waals surface area (Å²) in [5, 5.41) is 13.2. The molecule has 2 heterocycles. The van der Waals surface area contributed by atoms with E-state index in [1.54, 1.807) is 0 Å². The summed E-state index contributed by atoms with van der Waals surface area (Å²) >= 11 is 1.86. The van der Waals surface area contributed by atoms with E-state index >= 15 is 0 Å². The molecule has 1 aliphatic heterocycles. The molecule has 4 nitrogen and oxygen atoms in total. The molecule has 1 atom stereocenters. The Hall–Kier alpha value is -0.940. The van der Waals surface area contributed by atoms with E-state index in [4.69, 9.17) is 0 Å². The van der Waals surface area contributed by atoms with Crippen LogP contribution in [0, 0.1) is 0 Å². The first-order valence-corrected chi connectivity index (χ1v) is 7.46. The number of hydrogen-bond acceptors (Lipinski definition) is 3. The summed E-state index contributed by atoms with van der Waals surface area (Å²) in [6.07, 6.45) is 5.26. The van der Waals surface area contributed by atoms with Gasteiger partial charge in [-0.1, -0.05) is 0 Å². The lowest BCUT2D eigenvalue weighted by atomic mass is 9.97. The molecule has 0 radical (unpaired) electrons. The highest BCUT2D eigenvalue weighted by Crippen LogP contribution is 2.26. The highest BCUT2D eigenvalue weighted by atomic mass is 32.2. The third kappa shape index (κ3) is 3.29. The van der Waals surface area contributed by atoms with Gasteiger partial charge in [-0.3, -0.25) is 4.79 Å². The lowest BCUT2D eigenvalue weighted by Crippen LogP contribution is -2.46. The van der Waals surface area contributed by atoms with E-state index in [-0.39, 0.29) is 11.9 Å². The molecule has 1 fully saturated rings. The van der Waals surface area contributed by atoms with Gasteiger partial charge in [-0.15, -0.1) is 0 Å². The summed E-state index contributed by atoms with van der Waals surface area (Å²) < 4.78 is 1.86. The molecule has 1 saturated heterocycles. The molecule has 100 valence electrons. The van der Waals surface area contributed by atoms with Crippen molar-refractivity contribution in [3.05, 3.63) is 24.5 Å². The zero-order valence-electron chi connectivity index (χ0n) is 10.6. The van der Waals surface area contributed by atoms with Crippen LogP contribution in [-0.2, 0) is 4.79 Å². The zero-order chi connectivity index (χ0) is 13.0. The van der Waals surface area contributed by atoms with Crippen LogP contribution in [0.15, 0.2) is 24.5 Å². The smallest absolute Gasteiger partial charge is 0.242 e. The molecule has 0 aromatic carbocycles. The molecule has 0 spiro atoms. The van der Waals surface area contributed by atoms with Crippen LogP contribution in [0.1, 0.15) is 25.8 Å². The highest BCUT2D eigenvalue weighted by molar-refractivity contribution is 7.99. The molecular weight excluding hydrogens is 248 g/mol. The van der Waals surface area contributed by atoms with E-state index < -0.39 is 5.60 Å². The molecule has 18 heavy (non-hydrogen) atoms. The van der Waals surface area contributed by atoms with E-state index in [1.165, 1.54) is 0 Å². The second-order valence-electron chi connectivity index (χ2n) is 4.86. The number of thioether (sulfide) groups is 1. The fourth-order valence-electron chi connectivity index (χ4n) is 2.07. The van der Waals surface area contributed by atoms with Gasteiger partial charge < -0.3 is 15.0 Å². The van der Waals surface area contributed by atoms with Gasteiger partial charge in [-0.2, -0.15) is 11.8 Å². The minimum absolute atomic E-state index is 0.0437. The summed E-state index contributed by atoms with van der Waals surface area (Å²) in [4.78, 5) is 12.0. The van der Waals surface area contributed by atoms with E-state index in [2.05, 4.69) is 5.32 Å². The van der Waals surface area contributed by atoms with Gasteiger partial charge in [-0.05, 0) is 43.4 Å². The Morgan fingerprint density at radius 2 is 2.06 bits per heavy atom. The number of aromatic nitrogens is 1. The Labute approximate surface area is 112 Å². The van der Waals surface area contributed by atoms with Gasteiger partial charge in [0.05, 0.1) is 5.60 Å². The number of nitrogens with zero attached hydrogens (tertiary/aromatic N) is 1. The quantitative estimate of drug-likeness (QED) is 0.868. The Balaban J connectivity index is 1.84. The molecule has 0 saturated carbocycles. The molecule has 1 aromatic heterocycles. The molecular formula is C13H20N2O2S. The minimum atomic E-state index is -0.711. The molecule has 1 aliphatic rings. The van der Waals surface area contributed by atoms with Crippen molar-refractivity contribution in [3.63, 3.8) is 0 Å². The van der Waals surface area contributed by atoms with Crippen LogP contribution in [0.25, 0.3) is 0 Å².